The van der Waals surface area contributed by atoms with Crippen molar-refractivity contribution in [3.63, 3.8) is 0 Å². The fraction of sp³-hybridized carbons (Fsp3) is 1.00. The summed E-state index contributed by atoms with van der Waals surface area (Å²) in [5, 5.41) is 10.4. The van der Waals surface area contributed by atoms with Gasteiger partial charge >= 0.3 is 0 Å². The minimum atomic E-state index is -0.148. The van der Waals surface area contributed by atoms with Crippen molar-refractivity contribution in [2.45, 2.75) is 32.9 Å². The third kappa shape index (κ3) is 1.31. The van der Waals surface area contributed by atoms with Gasteiger partial charge in [-0.05, 0) is 18.3 Å². The van der Waals surface area contributed by atoms with Crippen LogP contribution < -0.4 is 5.73 Å². The summed E-state index contributed by atoms with van der Waals surface area (Å²) in [5.41, 5.74) is 5.84. The monoisotopic (exact) mass is 144 g/mol. The van der Waals surface area contributed by atoms with Gasteiger partial charge in [-0.3, -0.25) is 0 Å². The first-order valence-electron chi connectivity index (χ1n) is 3.78. The van der Waals surface area contributed by atoms with E-state index in [0.29, 0.717) is 6.54 Å². The summed E-state index contributed by atoms with van der Waals surface area (Å²) in [7, 11) is 0. The molecule has 2 unspecified atom stereocenters. The van der Waals surface area contributed by atoms with Crippen LogP contribution in [0.1, 0.15) is 26.7 Å². The lowest BCUT2D eigenvalue weighted by Crippen LogP contribution is -2.33. The topological polar surface area (TPSA) is 49.5 Å². The Morgan fingerprint density at radius 2 is 2.40 bits per heavy atom. The van der Waals surface area contributed by atoms with E-state index < -0.39 is 0 Å². The van der Waals surface area contributed by atoms with Gasteiger partial charge < -0.3 is 10.9 Å². The standard InChI is InChI=1S/C7H16N2O/c1-3-7(2)4-6(8)9(10)5-7/h6,10H,3-5,8H2,1-2H3. The maximum Gasteiger partial charge on any atom is 0.0821 e. The van der Waals surface area contributed by atoms with Crippen molar-refractivity contribution in [2.75, 3.05) is 6.54 Å². The molecule has 2 atom stereocenters. The van der Waals surface area contributed by atoms with Crippen LogP contribution in [0.15, 0.2) is 0 Å². The zero-order chi connectivity index (χ0) is 7.78. The number of hydroxylamine groups is 2. The normalized spacial score (nSPS) is 42.6. The van der Waals surface area contributed by atoms with Crippen LogP contribution in [0.4, 0.5) is 0 Å². The summed E-state index contributed by atoms with van der Waals surface area (Å²) >= 11 is 0. The van der Waals surface area contributed by atoms with Gasteiger partial charge in [0.1, 0.15) is 0 Å². The highest BCUT2D eigenvalue weighted by atomic mass is 16.5. The maximum atomic E-state index is 9.17. The summed E-state index contributed by atoms with van der Waals surface area (Å²) in [6.45, 7) is 5.00. The Hall–Kier alpha value is -0.120. The molecule has 0 spiro atoms. The van der Waals surface area contributed by atoms with Gasteiger partial charge in [-0.1, -0.05) is 13.8 Å². The van der Waals surface area contributed by atoms with E-state index in [-0.39, 0.29) is 11.6 Å². The van der Waals surface area contributed by atoms with Crippen LogP contribution in [0.3, 0.4) is 0 Å². The molecule has 1 heterocycles. The summed E-state index contributed by atoms with van der Waals surface area (Å²) < 4.78 is 0. The van der Waals surface area contributed by atoms with Crippen LogP contribution >= 0.6 is 0 Å². The first-order valence-corrected chi connectivity index (χ1v) is 3.78. The highest BCUT2D eigenvalue weighted by Gasteiger charge is 2.36. The molecular weight excluding hydrogens is 128 g/mol. The zero-order valence-electron chi connectivity index (χ0n) is 6.67. The number of nitrogens with zero attached hydrogens (tertiary/aromatic N) is 1. The third-order valence-electron chi connectivity index (χ3n) is 2.48. The highest BCUT2D eigenvalue weighted by molar-refractivity contribution is 4.85. The second kappa shape index (κ2) is 2.49. The minimum absolute atomic E-state index is 0.148. The van der Waals surface area contributed by atoms with Crippen LogP contribution in [-0.2, 0) is 0 Å². The molecule has 1 aliphatic heterocycles. The van der Waals surface area contributed by atoms with E-state index in [9.17, 15) is 5.21 Å². The molecule has 0 saturated carbocycles. The van der Waals surface area contributed by atoms with E-state index >= 15 is 0 Å². The van der Waals surface area contributed by atoms with Crippen LogP contribution in [0.5, 0.6) is 0 Å². The van der Waals surface area contributed by atoms with E-state index in [1.807, 2.05) is 0 Å². The Kier molecular flexibility index (Phi) is 1.99. The van der Waals surface area contributed by atoms with Crippen molar-refractivity contribution in [3.8, 4) is 0 Å². The molecule has 0 radical (unpaired) electrons. The van der Waals surface area contributed by atoms with Gasteiger partial charge in [0.15, 0.2) is 0 Å². The molecule has 0 aromatic rings. The van der Waals surface area contributed by atoms with Crippen molar-refractivity contribution in [3.05, 3.63) is 0 Å². The molecule has 1 rings (SSSR count). The molecule has 0 amide bonds. The third-order valence-corrected chi connectivity index (χ3v) is 2.48. The molecule has 3 heteroatoms. The molecular formula is C7H16N2O. The van der Waals surface area contributed by atoms with Gasteiger partial charge in [-0.15, -0.1) is 0 Å². The largest absolute Gasteiger partial charge is 0.314 e. The Morgan fingerprint density at radius 1 is 1.80 bits per heavy atom. The molecule has 0 bridgehead atoms. The average molecular weight is 144 g/mol. The van der Waals surface area contributed by atoms with E-state index in [4.69, 9.17) is 5.73 Å². The predicted molar refractivity (Wildman–Crippen MR) is 39.5 cm³/mol. The van der Waals surface area contributed by atoms with Gasteiger partial charge in [0.05, 0.1) is 6.17 Å². The van der Waals surface area contributed by atoms with Crippen LogP contribution in [0.25, 0.3) is 0 Å². The number of hydrogen-bond acceptors (Lipinski definition) is 3. The minimum Gasteiger partial charge on any atom is -0.314 e. The molecule has 1 fully saturated rings. The van der Waals surface area contributed by atoms with E-state index in [1.54, 1.807) is 0 Å². The van der Waals surface area contributed by atoms with Crippen LogP contribution in [0, 0.1) is 5.41 Å². The Bertz CT molecular complexity index is 117. The number of rotatable bonds is 1. The highest BCUT2D eigenvalue weighted by Crippen LogP contribution is 2.33. The summed E-state index contributed by atoms with van der Waals surface area (Å²) in [6, 6.07) is 0. The molecule has 3 nitrogen and oxygen atoms in total. The van der Waals surface area contributed by atoms with Gasteiger partial charge in [0, 0.05) is 6.54 Å². The molecule has 1 saturated heterocycles. The predicted octanol–water partition coefficient (Wildman–Crippen LogP) is 0.782. The lowest BCUT2D eigenvalue weighted by Gasteiger charge is -2.19. The van der Waals surface area contributed by atoms with Crippen molar-refractivity contribution in [1.82, 2.24) is 5.06 Å². The zero-order valence-corrected chi connectivity index (χ0v) is 6.67. The average Bonchev–Trinajstić information content (AvgIpc) is 2.10. The SMILES string of the molecule is CCC1(C)CC(N)N(O)C1. The lowest BCUT2D eigenvalue weighted by molar-refractivity contribution is -0.106. The number of hydrogen-bond donors (Lipinski definition) is 2. The maximum absolute atomic E-state index is 9.17. The Balaban J connectivity index is 2.55. The van der Waals surface area contributed by atoms with E-state index in [2.05, 4.69) is 13.8 Å². The molecule has 0 aromatic carbocycles. The molecule has 0 aliphatic carbocycles. The number of nitrogens with two attached hydrogens (primary N) is 1. The molecule has 3 N–H and O–H groups in total. The van der Waals surface area contributed by atoms with Crippen LogP contribution in [0.2, 0.25) is 0 Å². The molecule has 0 aromatic heterocycles. The van der Waals surface area contributed by atoms with E-state index in [0.717, 1.165) is 12.8 Å². The van der Waals surface area contributed by atoms with Crippen molar-refractivity contribution >= 4 is 0 Å². The van der Waals surface area contributed by atoms with Crippen LogP contribution in [-0.4, -0.2) is 23.0 Å². The van der Waals surface area contributed by atoms with Crippen molar-refractivity contribution < 1.29 is 5.21 Å². The van der Waals surface area contributed by atoms with E-state index in [1.165, 1.54) is 5.06 Å². The fourth-order valence-corrected chi connectivity index (χ4v) is 1.44. The lowest BCUT2D eigenvalue weighted by atomic mass is 9.86. The quantitative estimate of drug-likeness (QED) is 0.572. The first-order chi connectivity index (χ1) is 4.57. The van der Waals surface area contributed by atoms with Crippen molar-refractivity contribution in [2.24, 2.45) is 11.1 Å². The summed E-state index contributed by atoms with van der Waals surface area (Å²) in [6.07, 6.45) is 1.84. The van der Waals surface area contributed by atoms with Gasteiger partial charge in [-0.25, -0.2) is 0 Å². The Morgan fingerprint density at radius 3 is 2.60 bits per heavy atom. The summed E-state index contributed by atoms with van der Waals surface area (Å²) in [4.78, 5) is 0. The molecule has 60 valence electrons. The second-order valence-corrected chi connectivity index (χ2v) is 3.53. The molecule has 10 heavy (non-hydrogen) atoms. The van der Waals surface area contributed by atoms with Gasteiger partial charge in [-0.2, -0.15) is 5.06 Å². The second-order valence-electron chi connectivity index (χ2n) is 3.53. The van der Waals surface area contributed by atoms with Gasteiger partial charge in [0.25, 0.3) is 0 Å². The van der Waals surface area contributed by atoms with Gasteiger partial charge in [0.2, 0.25) is 0 Å². The summed E-state index contributed by atoms with van der Waals surface area (Å²) in [5.74, 6) is 0. The molecule has 1 aliphatic rings. The first kappa shape index (κ1) is 7.98. The Labute approximate surface area is 61.8 Å². The fourth-order valence-electron chi connectivity index (χ4n) is 1.44. The smallest absolute Gasteiger partial charge is 0.0821 e. The van der Waals surface area contributed by atoms with Crippen molar-refractivity contribution in [1.29, 1.82) is 0 Å².